The molecule has 1 aromatic rings. The molecule has 0 fully saturated rings. The van der Waals surface area contributed by atoms with E-state index in [-0.39, 0.29) is 23.0 Å². The Kier molecular flexibility index (Phi) is 5.24. The number of rotatable bonds is 5. The summed E-state index contributed by atoms with van der Waals surface area (Å²) in [6.45, 7) is 6.24. The Labute approximate surface area is 119 Å². The molecule has 0 aliphatic rings. The monoisotopic (exact) mass is 284 g/mol. The van der Waals surface area contributed by atoms with Crippen LogP contribution in [0, 0.1) is 5.41 Å². The lowest BCUT2D eigenvalue weighted by atomic mass is 9.74. The zero-order valence-corrected chi connectivity index (χ0v) is 12.9. The Morgan fingerprint density at radius 3 is 2.32 bits per heavy atom. The van der Waals surface area contributed by atoms with Crippen molar-refractivity contribution in [2.24, 2.45) is 5.41 Å². The maximum atomic E-state index is 11.3. The van der Waals surface area contributed by atoms with Gasteiger partial charge < -0.3 is 9.47 Å². The van der Waals surface area contributed by atoms with Gasteiger partial charge in [-0.3, -0.25) is 4.79 Å². The summed E-state index contributed by atoms with van der Waals surface area (Å²) in [6.07, 6.45) is 0.272. The van der Waals surface area contributed by atoms with Gasteiger partial charge in [-0.15, -0.1) is 0 Å². The van der Waals surface area contributed by atoms with Crippen LogP contribution in [-0.4, -0.2) is 19.5 Å². The van der Waals surface area contributed by atoms with Crippen LogP contribution in [0.1, 0.15) is 38.7 Å². The van der Waals surface area contributed by atoms with E-state index in [2.05, 4.69) is 20.8 Å². The molecule has 106 valence electrons. The number of benzene rings is 1. The molecule has 0 heterocycles. The topological polar surface area (TPSA) is 35.5 Å². The Morgan fingerprint density at radius 2 is 1.89 bits per heavy atom. The quantitative estimate of drug-likeness (QED) is 0.767. The Balaban J connectivity index is 3.30. The van der Waals surface area contributed by atoms with Crippen LogP contribution in [0.25, 0.3) is 0 Å². The lowest BCUT2D eigenvalue weighted by molar-refractivity contribution is -0.112. The first-order valence-electron chi connectivity index (χ1n) is 6.20. The van der Waals surface area contributed by atoms with Gasteiger partial charge in [-0.05, 0) is 35.2 Å². The van der Waals surface area contributed by atoms with Crippen molar-refractivity contribution in [2.75, 3.05) is 14.2 Å². The molecule has 3 nitrogen and oxygen atoms in total. The number of ether oxygens (including phenoxy) is 2. The smallest absolute Gasteiger partial charge is 0.222 e. The molecule has 0 bridgehead atoms. The SMILES string of the molecule is COc1ccc(OC)c(C(CC(=O)Cl)C(C)(C)C)c1. The summed E-state index contributed by atoms with van der Waals surface area (Å²) >= 11 is 5.59. The molecule has 1 unspecified atom stereocenters. The molecule has 0 saturated heterocycles. The van der Waals surface area contributed by atoms with Gasteiger partial charge >= 0.3 is 0 Å². The van der Waals surface area contributed by atoms with Crippen LogP contribution in [-0.2, 0) is 4.79 Å². The second-order valence-corrected chi connectivity index (χ2v) is 6.01. The Hall–Kier alpha value is -1.22. The van der Waals surface area contributed by atoms with Crippen molar-refractivity contribution >= 4 is 16.8 Å². The molecule has 1 rings (SSSR count). The molecule has 4 heteroatoms. The molecule has 0 amide bonds. The summed E-state index contributed by atoms with van der Waals surface area (Å²) in [5.74, 6) is 1.47. The second-order valence-electron chi connectivity index (χ2n) is 5.59. The molecule has 19 heavy (non-hydrogen) atoms. The van der Waals surface area contributed by atoms with Gasteiger partial charge in [0.2, 0.25) is 5.24 Å². The molecular formula is C15H21ClO3. The second kappa shape index (κ2) is 6.29. The van der Waals surface area contributed by atoms with E-state index in [1.807, 2.05) is 18.2 Å². The van der Waals surface area contributed by atoms with Crippen molar-refractivity contribution < 1.29 is 14.3 Å². The summed E-state index contributed by atoms with van der Waals surface area (Å²) < 4.78 is 10.6. The lowest BCUT2D eigenvalue weighted by Gasteiger charge is -2.31. The summed E-state index contributed by atoms with van der Waals surface area (Å²) in [7, 11) is 3.23. The Morgan fingerprint density at radius 1 is 1.26 bits per heavy atom. The third kappa shape index (κ3) is 4.13. The highest BCUT2D eigenvalue weighted by molar-refractivity contribution is 6.63. The Bertz CT molecular complexity index is 449. The number of carbonyl (C=O) groups is 1. The predicted molar refractivity (Wildman–Crippen MR) is 77.2 cm³/mol. The first kappa shape index (κ1) is 15.8. The number of hydrogen-bond donors (Lipinski definition) is 0. The van der Waals surface area contributed by atoms with Crippen LogP contribution < -0.4 is 9.47 Å². The standard InChI is InChI=1S/C15H21ClO3/c1-15(2,3)12(9-14(16)17)11-8-10(18-4)6-7-13(11)19-5/h6-8,12H,9H2,1-5H3. The average Bonchev–Trinajstić information content (AvgIpc) is 2.33. The highest BCUT2D eigenvalue weighted by Gasteiger charge is 2.30. The first-order chi connectivity index (χ1) is 8.79. The van der Waals surface area contributed by atoms with Crippen molar-refractivity contribution in [1.82, 2.24) is 0 Å². The fourth-order valence-electron chi connectivity index (χ4n) is 2.15. The van der Waals surface area contributed by atoms with Crippen molar-refractivity contribution in [1.29, 1.82) is 0 Å². The number of halogens is 1. The lowest BCUT2D eigenvalue weighted by Crippen LogP contribution is -2.21. The van der Waals surface area contributed by atoms with E-state index < -0.39 is 0 Å². The molecule has 1 atom stereocenters. The number of hydrogen-bond acceptors (Lipinski definition) is 3. The van der Waals surface area contributed by atoms with Gasteiger partial charge in [0, 0.05) is 17.9 Å². The van der Waals surface area contributed by atoms with Crippen LogP contribution >= 0.6 is 11.6 Å². The summed E-state index contributed by atoms with van der Waals surface area (Å²) in [6, 6.07) is 5.60. The number of carbonyl (C=O) groups excluding carboxylic acids is 1. The minimum atomic E-state index is -0.343. The van der Waals surface area contributed by atoms with Crippen LogP contribution in [0.2, 0.25) is 0 Å². The van der Waals surface area contributed by atoms with E-state index in [1.165, 1.54) is 0 Å². The third-order valence-corrected chi connectivity index (χ3v) is 3.38. The zero-order valence-electron chi connectivity index (χ0n) is 12.1. The van der Waals surface area contributed by atoms with Gasteiger partial charge in [0.25, 0.3) is 0 Å². The third-order valence-electron chi connectivity index (χ3n) is 3.22. The van der Waals surface area contributed by atoms with Gasteiger partial charge in [0.1, 0.15) is 11.5 Å². The van der Waals surface area contributed by atoms with E-state index >= 15 is 0 Å². The van der Waals surface area contributed by atoms with E-state index in [4.69, 9.17) is 21.1 Å². The molecule has 0 aromatic heterocycles. The van der Waals surface area contributed by atoms with Gasteiger partial charge in [-0.25, -0.2) is 0 Å². The van der Waals surface area contributed by atoms with Crippen LogP contribution in [0.5, 0.6) is 11.5 Å². The highest BCUT2D eigenvalue weighted by atomic mass is 35.5. The minimum Gasteiger partial charge on any atom is -0.497 e. The van der Waals surface area contributed by atoms with Crippen molar-refractivity contribution in [3.05, 3.63) is 23.8 Å². The molecule has 0 radical (unpaired) electrons. The normalized spacial score (nSPS) is 12.9. The number of methoxy groups -OCH3 is 2. The minimum absolute atomic E-state index is 0.0254. The molecule has 0 spiro atoms. The van der Waals surface area contributed by atoms with Crippen molar-refractivity contribution in [3.63, 3.8) is 0 Å². The maximum Gasteiger partial charge on any atom is 0.222 e. The summed E-state index contributed by atoms with van der Waals surface area (Å²) in [5, 5.41) is -0.343. The zero-order chi connectivity index (χ0) is 14.6. The van der Waals surface area contributed by atoms with Gasteiger partial charge in [0.05, 0.1) is 14.2 Å². The summed E-state index contributed by atoms with van der Waals surface area (Å²) in [5.41, 5.74) is 0.841. The van der Waals surface area contributed by atoms with E-state index in [1.54, 1.807) is 14.2 Å². The fourth-order valence-corrected chi connectivity index (χ4v) is 2.31. The van der Waals surface area contributed by atoms with Gasteiger partial charge in [-0.2, -0.15) is 0 Å². The average molecular weight is 285 g/mol. The highest BCUT2D eigenvalue weighted by Crippen LogP contribution is 2.43. The van der Waals surface area contributed by atoms with E-state index in [9.17, 15) is 4.79 Å². The van der Waals surface area contributed by atoms with E-state index in [0.717, 1.165) is 17.1 Å². The largest absolute Gasteiger partial charge is 0.497 e. The molecule has 0 saturated carbocycles. The molecule has 1 aromatic carbocycles. The first-order valence-corrected chi connectivity index (χ1v) is 6.57. The van der Waals surface area contributed by atoms with Crippen molar-refractivity contribution in [2.45, 2.75) is 33.1 Å². The molecule has 0 N–H and O–H groups in total. The molecule has 0 aliphatic carbocycles. The van der Waals surface area contributed by atoms with Gasteiger partial charge in [0.15, 0.2) is 0 Å². The van der Waals surface area contributed by atoms with Crippen LogP contribution in [0.4, 0.5) is 0 Å². The van der Waals surface area contributed by atoms with Crippen LogP contribution in [0.3, 0.4) is 0 Å². The van der Waals surface area contributed by atoms with Crippen molar-refractivity contribution in [3.8, 4) is 11.5 Å². The summed E-state index contributed by atoms with van der Waals surface area (Å²) in [4.78, 5) is 11.3. The fraction of sp³-hybridized carbons (Fsp3) is 0.533. The maximum absolute atomic E-state index is 11.3. The van der Waals surface area contributed by atoms with Crippen LogP contribution in [0.15, 0.2) is 18.2 Å². The van der Waals surface area contributed by atoms with E-state index in [0.29, 0.717) is 0 Å². The molecular weight excluding hydrogens is 264 g/mol. The predicted octanol–water partition coefficient (Wildman–Crippen LogP) is 3.99. The van der Waals surface area contributed by atoms with Gasteiger partial charge in [-0.1, -0.05) is 20.8 Å². The molecule has 0 aliphatic heterocycles.